The molecule has 3 nitrogen and oxygen atoms in total. The quantitative estimate of drug-likeness (QED) is 0.640. The first-order chi connectivity index (χ1) is 8.05. The average molecular weight is 269 g/mol. The third kappa shape index (κ3) is 2.69. The fraction of sp³-hybridized carbons (Fsp3) is 0.300. The summed E-state index contributed by atoms with van der Waals surface area (Å²) < 4.78 is 61.0. The fourth-order valence-electron chi connectivity index (χ4n) is 1.12. The molecular weight excluding hydrogens is 261 g/mol. The molecule has 100 valence electrons. The van der Waals surface area contributed by atoms with Gasteiger partial charge in [-0.25, -0.2) is 0 Å². The minimum Gasteiger partial charge on any atom is -0.508 e. The number of carbonyl (C=O) groups excluding carboxylic acids is 1. The van der Waals surface area contributed by atoms with Crippen molar-refractivity contribution in [2.75, 3.05) is 5.32 Å². The van der Waals surface area contributed by atoms with Crippen LogP contribution in [0.4, 0.5) is 27.6 Å². The van der Waals surface area contributed by atoms with E-state index in [9.17, 15) is 26.7 Å². The number of carbonyl (C=O) groups is 1. The molecule has 2 N–H and O–H groups in total. The topological polar surface area (TPSA) is 49.3 Å². The molecule has 0 aliphatic heterocycles. The Labute approximate surface area is 98.2 Å². The Balaban J connectivity index is 2.95. The van der Waals surface area contributed by atoms with Crippen LogP contribution in [0.2, 0.25) is 0 Å². The molecule has 0 aromatic heterocycles. The summed E-state index contributed by atoms with van der Waals surface area (Å²) in [7, 11) is 0. The van der Waals surface area contributed by atoms with Crippen molar-refractivity contribution in [2.45, 2.75) is 19.0 Å². The van der Waals surface area contributed by atoms with Crippen molar-refractivity contribution in [3.05, 3.63) is 23.8 Å². The maximum atomic E-state index is 12.6. The highest BCUT2D eigenvalue weighted by Crippen LogP contribution is 2.36. The maximum Gasteiger partial charge on any atom is 0.463 e. The summed E-state index contributed by atoms with van der Waals surface area (Å²) >= 11 is 0. The van der Waals surface area contributed by atoms with E-state index < -0.39 is 18.0 Å². The van der Waals surface area contributed by atoms with Gasteiger partial charge in [0.05, 0.1) is 0 Å². The SMILES string of the molecule is Cc1cc(O)ccc1NC(=O)C(F)(F)C(F)(F)F. The standard InChI is InChI=1S/C10H8F5NO2/c1-5-4-6(17)2-3-7(5)16-8(18)9(11,12)10(13,14)15/h2-4,17H,1H3,(H,16,18). The lowest BCUT2D eigenvalue weighted by atomic mass is 10.2. The zero-order chi connectivity index (χ0) is 14.1. The molecule has 1 aromatic rings. The van der Waals surface area contributed by atoms with Crippen LogP contribution in [0.1, 0.15) is 5.56 Å². The molecule has 0 aliphatic carbocycles. The first kappa shape index (κ1) is 14.2. The first-order valence-corrected chi connectivity index (χ1v) is 4.61. The van der Waals surface area contributed by atoms with Crippen LogP contribution in [-0.2, 0) is 4.79 Å². The van der Waals surface area contributed by atoms with Crippen LogP contribution in [-0.4, -0.2) is 23.1 Å². The van der Waals surface area contributed by atoms with E-state index in [1.165, 1.54) is 12.2 Å². The number of alkyl halides is 5. The van der Waals surface area contributed by atoms with E-state index in [0.717, 1.165) is 18.2 Å². The third-order valence-corrected chi connectivity index (χ3v) is 2.10. The molecule has 0 atom stereocenters. The van der Waals surface area contributed by atoms with E-state index >= 15 is 0 Å². The fourth-order valence-corrected chi connectivity index (χ4v) is 1.12. The van der Waals surface area contributed by atoms with Crippen molar-refractivity contribution < 1.29 is 31.9 Å². The van der Waals surface area contributed by atoms with Crippen LogP contribution in [0.5, 0.6) is 5.75 Å². The molecule has 1 aromatic carbocycles. The molecule has 1 amide bonds. The van der Waals surface area contributed by atoms with Crippen LogP contribution in [0.15, 0.2) is 18.2 Å². The molecule has 0 radical (unpaired) electrons. The number of aromatic hydroxyl groups is 1. The highest BCUT2D eigenvalue weighted by Gasteiger charge is 2.63. The van der Waals surface area contributed by atoms with E-state index in [1.54, 1.807) is 0 Å². The number of benzene rings is 1. The Morgan fingerprint density at radius 1 is 1.22 bits per heavy atom. The van der Waals surface area contributed by atoms with Crippen molar-refractivity contribution in [3.63, 3.8) is 0 Å². The van der Waals surface area contributed by atoms with Gasteiger partial charge in [-0.1, -0.05) is 0 Å². The number of hydrogen-bond acceptors (Lipinski definition) is 2. The molecule has 0 heterocycles. The highest BCUT2D eigenvalue weighted by molar-refractivity contribution is 5.97. The average Bonchev–Trinajstić information content (AvgIpc) is 2.20. The second-order valence-corrected chi connectivity index (χ2v) is 3.53. The largest absolute Gasteiger partial charge is 0.508 e. The molecule has 0 fully saturated rings. The minimum absolute atomic E-state index is 0.154. The van der Waals surface area contributed by atoms with Gasteiger partial charge in [0.1, 0.15) is 5.75 Å². The van der Waals surface area contributed by atoms with Gasteiger partial charge < -0.3 is 10.4 Å². The maximum absolute atomic E-state index is 12.6. The van der Waals surface area contributed by atoms with E-state index in [0.29, 0.717) is 0 Å². The van der Waals surface area contributed by atoms with Crippen molar-refractivity contribution in [3.8, 4) is 5.75 Å². The molecule has 1 rings (SSSR count). The van der Waals surface area contributed by atoms with Gasteiger partial charge in [-0.15, -0.1) is 0 Å². The lowest BCUT2D eigenvalue weighted by Crippen LogP contribution is -2.47. The second kappa shape index (κ2) is 4.43. The molecule has 0 saturated heterocycles. The highest BCUT2D eigenvalue weighted by atomic mass is 19.4. The van der Waals surface area contributed by atoms with Gasteiger partial charge in [0.25, 0.3) is 0 Å². The Bertz CT molecular complexity index is 470. The van der Waals surface area contributed by atoms with Crippen molar-refractivity contribution in [1.29, 1.82) is 0 Å². The minimum atomic E-state index is -5.96. The number of amides is 1. The number of nitrogens with one attached hydrogen (secondary N) is 1. The third-order valence-electron chi connectivity index (χ3n) is 2.10. The normalized spacial score (nSPS) is 12.3. The smallest absolute Gasteiger partial charge is 0.463 e. The van der Waals surface area contributed by atoms with Gasteiger partial charge in [0.15, 0.2) is 0 Å². The van der Waals surface area contributed by atoms with Gasteiger partial charge in [-0.05, 0) is 30.7 Å². The molecular formula is C10H8F5NO2. The van der Waals surface area contributed by atoms with Crippen molar-refractivity contribution in [2.24, 2.45) is 0 Å². The van der Waals surface area contributed by atoms with Crippen molar-refractivity contribution >= 4 is 11.6 Å². The van der Waals surface area contributed by atoms with Gasteiger partial charge in [0, 0.05) is 5.69 Å². The van der Waals surface area contributed by atoms with Crippen LogP contribution >= 0.6 is 0 Å². The van der Waals surface area contributed by atoms with E-state index in [-0.39, 0.29) is 17.0 Å². The van der Waals surface area contributed by atoms with Gasteiger partial charge >= 0.3 is 18.0 Å². The molecule has 0 bridgehead atoms. The number of halogens is 5. The molecule has 0 aliphatic rings. The van der Waals surface area contributed by atoms with Crippen LogP contribution < -0.4 is 5.32 Å². The predicted molar refractivity (Wildman–Crippen MR) is 52.5 cm³/mol. The molecule has 18 heavy (non-hydrogen) atoms. The summed E-state index contributed by atoms with van der Waals surface area (Å²) in [6.07, 6.45) is -5.96. The number of phenolic OH excluding ortho intramolecular Hbond substituents is 1. The zero-order valence-electron chi connectivity index (χ0n) is 8.98. The zero-order valence-corrected chi connectivity index (χ0v) is 8.98. The molecule has 0 unspecified atom stereocenters. The van der Waals surface area contributed by atoms with Crippen LogP contribution in [0, 0.1) is 6.92 Å². The van der Waals surface area contributed by atoms with Crippen molar-refractivity contribution in [1.82, 2.24) is 0 Å². The summed E-state index contributed by atoms with van der Waals surface area (Å²) in [5.41, 5.74) is -0.0805. The Morgan fingerprint density at radius 2 is 1.78 bits per heavy atom. The summed E-state index contributed by atoms with van der Waals surface area (Å²) in [5.74, 6) is -8.14. The molecule has 0 spiro atoms. The Morgan fingerprint density at radius 3 is 2.22 bits per heavy atom. The van der Waals surface area contributed by atoms with E-state index in [1.807, 2.05) is 0 Å². The molecule has 0 saturated carbocycles. The Kier molecular flexibility index (Phi) is 3.50. The second-order valence-electron chi connectivity index (χ2n) is 3.53. The summed E-state index contributed by atoms with van der Waals surface area (Å²) in [6.45, 7) is 1.33. The number of hydrogen-bond donors (Lipinski definition) is 2. The predicted octanol–water partition coefficient (Wildman–Crippen LogP) is 2.84. The van der Waals surface area contributed by atoms with Gasteiger partial charge in [0.2, 0.25) is 0 Å². The number of phenols is 1. The summed E-state index contributed by atoms with van der Waals surface area (Å²) in [4.78, 5) is 10.9. The summed E-state index contributed by atoms with van der Waals surface area (Å²) in [5, 5.41) is 10.5. The summed E-state index contributed by atoms with van der Waals surface area (Å²) in [6, 6.07) is 3.19. The molecule has 8 heteroatoms. The van der Waals surface area contributed by atoms with Crippen LogP contribution in [0.3, 0.4) is 0 Å². The van der Waals surface area contributed by atoms with Crippen LogP contribution in [0.25, 0.3) is 0 Å². The number of aryl methyl sites for hydroxylation is 1. The lowest BCUT2D eigenvalue weighted by molar-refractivity contribution is -0.267. The Hall–Kier alpha value is -1.86. The first-order valence-electron chi connectivity index (χ1n) is 4.61. The van der Waals surface area contributed by atoms with E-state index in [2.05, 4.69) is 0 Å². The monoisotopic (exact) mass is 269 g/mol. The van der Waals surface area contributed by atoms with Gasteiger partial charge in [-0.2, -0.15) is 22.0 Å². The number of anilines is 1. The van der Waals surface area contributed by atoms with Gasteiger partial charge in [-0.3, -0.25) is 4.79 Å². The van der Waals surface area contributed by atoms with E-state index in [4.69, 9.17) is 5.11 Å². The lowest BCUT2D eigenvalue weighted by Gasteiger charge is -2.19. The number of rotatable bonds is 2.